The number of ether oxygens (including phenoxy) is 1. The van der Waals surface area contributed by atoms with Crippen molar-refractivity contribution in [3.63, 3.8) is 0 Å². The summed E-state index contributed by atoms with van der Waals surface area (Å²) in [5, 5.41) is 18.2. The van der Waals surface area contributed by atoms with Crippen LogP contribution in [0, 0.1) is 11.3 Å². The first kappa shape index (κ1) is 11.3. The average molecular weight is 226 g/mol. The van der Waals surface area contributed by atoms with Crippen LogP contribution in [0.2, 0.25) is 0 Å². The molecular formula is C10H8ClNO3. The van der Waals surface area contributed by atoms with Gasteiger partial charge in [0.25, 0.3) is 0 Å². The molecule has 1 N–H and O–H groups in total. The second kappa shape index (κ2) is 4.67. The number of aromatic hydroxyl groups is 1. The normalized spacial score (nSPS) is 9.40. The number of hydrogen-bond acceptors (Lipinski definition) is 4. The molecule has 0 aliphatic carbocycles. The first-order chi connectivity index (χ1) is 7.13. The number of nitrogens with zero attached hydrogens (tertiary/aromatic N) is 1. The third kappa shape index (κ3) is 2.20. The molecule has 1 aromatic rings. The van der Waals surface area contributed by atoms with Crippen molar-refractivity contribution >= 4 is 17.6 Å². The molecule has 1 rings (SSSR count). The standard InChI is InChI=1S/C10H8ClNO3/c1-15-10(14)7-2-6(5-12)3-9(13)8(7)4-11/h2-3,13H,4H2,1H3. The van der Waals surface area contributed by atoms with E-state index in [0.717, 1.165) is 0 Å². The first-order valence-corrected chi connectivity index (χ1v) is 4.57. The minimum atomic E-state index is -0.627. The second-order valence-electron chi connectivity index (χ2n) is 2.76. The van der Waals surface area contributed by atoms with Crippen molar-refractivity contribution in [2.75, 3.05) is 7.11 Å². The summed E-state index contributed by atoms with van der Waals surface area (Å²) in [6, 6.07) is 4.42. The van der Waals surface area contributed by atoms with Gasteiger partial charge in [-0.2, -0.15) is 5.26 Å². The van der Waals surface area contributed by atoms with E-state index in [0.29, 0.717) is 0 Å². The van der Waals surface area contributed by atoms with E-state index in [-0.39, 0.29) is 28.3 Å². The van der Waals surface area contributed by atoms with E-state index in [4.69, 9.17) is 16.9 Å². The van der Waals surface area contributed by atoms with Crippen molar-refractivity contribution in [1.29, 1.82) is 5.26 Å². The van der Waals surface area contributed by atoms with Crippen LogP contribution < -0.4 is 0 Å². The van der Waals surface area contributed by atoms with E-state index in [1.807, 2.05) is 6.07 Å². The fourth-order valence-corrected chi connectivity index (χ4v) is 1.43. The zero-order valence-corrected chi connectivity index (χ0v) is 8.71. The molecule has 0 bridgehead atoms. The quantitative estimate of drug-likeness (QED) is 0.615. The van der Waals surface area contributed by atoms with Gasteiger partial charge < -0.3 is 9.84 Å². The predicted octanol–water partition coefficient (Wildman–Crippen LogP) is 1.79. The Bertz CT molecular complexity index is 437. The van der Waals surface area contributed by atoms with Crippen molar-refractivity contribution in [2.24, 2.45) is 0 Å². The molecule has 0 radical (unpaired) electrons. The lowest BCUT2D eigenvalue weighted by Gasteiger charge is -2.07. The van der Waals surface area contributed by atoms with Crippen LogP contribution in [0.25, 0.3) is 0 Å². The third-order valence-electron chi connectivity index (χ3n) is 1.89. The number of rotatable bonds is 2. The summed E-state index contributed by atoms with van der Waals surface area (Å²) in [6.45, 7) is 0. The second-order valence-corrected chi connectivity index (χ2v) is 3.03. The highest BCUT2D eigenvalue weighted by atomic mass is 35.5. The Morgan fingerprint density at radius 3 is 2.80 bits per heavy atom. The van der Waals surface area contributed by atoms with Crippen molar-refractivity contribution < 1.29 is 14.6 Å². The predicted molar refractivity (Wildman–Crippen MR) is 53.7 cm³/mol. The molecule has 0 saturated carbocycles. The van der Waals surface area contributed by atoms with Crippen LogP contribution in [0.3, 0.4) is 0 Å². The van der Waals surface area contributed by atoms with Crippen molar-refractivity contribution in [1.82, 2.24) is 0 Å². The van der Waals surface area contributed by atoms with E-state index in [1.165, 1.54) is 19.2 Å². The number of methoxy groups -OCH3 is 1. The first-order valence-electron chi connectivity index (χ1n) is 4.04. The maximum Gasteiger partial charge on any atom is 0.338 e. The van der Waals surface area contributed by atoms with Gasteiger partial charge >= 0.3 is 5.97 Å². The van der Waals surface area contributed by atoms with Crippen molar-refractivity contribution in [2.45, 2.75) is 5.88 Å². The molecule has 0 fully saturated rings. The van der Waals surface area contributed by atoms with E-state index in [2.05, 4.69) is 4.74 Å². The highest BCUT2D eigenvalue weighted by Crippen LogP contribution is 2.25. The number of carbonyl (C=O) groups is 1. The minimum absolute atomic E-state index is 0.0258. The molecule has 15 heavy (non-hydrogen) atoms. The molecule has 0 heterocycles. The number of alkyl halides is 1. The number of hydrogen-bond donors (Lipinski definition) is 1. The summed E-state index contributed by atoms with van der Waals surface area (Å²) < 4.78 is 4.52. The summed E-state index contributed by atoms with van der Waals surface area (Å²) in [5.74, 6) is -0.829. The Balaban J connectivity index is 3.40. The van der Waals surface area contributed by atoms with Crippen LogP contribution in [-0.2, 0) is 10.6 Å². The van der Waals surface area contributed by atoms with Crippen LogP contribution in [0.15, 0.2) is 12.1 Å². The lowest BCUT2D eigenvalue weighted by molar-refractivity contribution is 0.0599. The minimum Gasteiger partial charge on any atom is -0.508 e. The number of phenols is 1. The van der Waals surface area contributed by atoms with Crippen LogP contribution in [0.4, 0.5) is 0 Å². The molecule has 0 aliphatic heterocycles. The molecule has 0 saturated heterocycles. The molecule has 0 aliphatic rings. The number of benzene rings is 1. The molecule has 78 valence electrons. The van der Waals surface area contributed by atoms with Crippen LogP contribution in [0.5, 0.6) is 5.75 Å². The lowest BCUT2D eigenvalue weighted by Crippen LogP contribution is -2.05. The lowest BCUT2D eigenvalue weighted by atomic mass is 10.0. The number of esters is 1. The average Bonchev–Trinajstić information content (AvgIpc) is 2.26. The Kier molecular flexibility index (Phi) is 3.53. The van der Waals surface area contributed by atoms with Crippen molar-refractivity contribution in [3.8, 4) is 11.8 Å². The van der Waals surface area contributed by atoms with Crippen LogP contribution in [0.1, 0.15) is 21.5 Å². The fourth-order valence-electron chi connectivity index (χ4n) is 1.15. The summed E-state index contributed by atoms with van der Waals surface area (Å²) in [4.78, 5) is 11.3. The molecule has 4 nitrogen and oxygen atoms in total. The zero-order chi connectivity index (χ0) is 11.4. The summed E-state index contributed by atoms with van der Waals surface area (Å²) in [5.41, 5.74) is 0.563. The van der Waals surface area contributed by atoms with Gasteiger partial charge in [0, 0.05) is 5.56 Å². The summed E-state index contributed by atoms with van der Waals surface area (Å²) in [6.07, 6.45) is 0. The fraction of sp³-hybridized carbons (Fsp3) is 0.200. The van der Waals surface area contributed by atoms with Gasteiger partial charge in [-0.3, -0.25) is 0 Å². The maximum absolute atomic E-state index is 11.3. The largest absolute Gasteiger partial charge is 0.508 e. The van der Waals surface area contributed by atoms with E-state index in [1.54, 1.807) is 0 Å². The Morgan fingerprint density at radius 2 is 2.33 bits per heavy atom. The Hall–Kier alpha value is -1.73. The van der Waals surface area contributed by atoms with E-state index < -0.39 is 5.97 Å². The smallest absolute Gasteiger partial charge is 0.338 e. The van der Waals surface area contributed by atoms with Gasteiger partial charge in [0.15, 0.2) is 0 Å². The highest BCUT2D eigenvalue weighted by molar-refractivity contribution is 6.18. The van der Waals surface area contributed by atoms with Crippen molar-refractivity contribution in [3.05, 3.63) is 28.8 Å². The molecule has 0 atom stereocenters. The molecular weight excluding hydrogens is 218 g/mol. The van der Waals surface area contributed by atoms with Gasteiger partial charge in [0.1, 0.15) is 5.75 Å². The topological polar surface area (TPSA) is 70.3 Å². The SMILES string of the molecule is COC(=O)c1cc(C#N)cc(O)c1CCl. The summed E-state index contributed by atoms with van der Waals surface area (Å²) >= 11 is 5.58. The molecule has 0 spiro atoms. The maximum atomic E-state index is 11.3. The highest BCUT2D eigenvalue weighted by Gasteiger charge is 2.16. The molecule has 0 aromatic heterocycles. The van der Waals surface area contributed by atoms with Gasteiger partial charge in [-0.25, -0.2) is 4.79 Å². The number of halogens is 1. The van der Waals surface area contributed by atoms with Crippen LogP contribution >= 0.6 is 11.6 Å². The van der Waals surface area contributed by atoms with Gasteiger partial charge in [-0.05, 0) is 12.1 Å². The number of phenolic OH excluding ortho intramolecular Hbond substituents is 1. The van der Waals surface area contributed by atoms with Gasteiger partial charge in [-0.1, -0.05) is 0 Å². The van der Waals surface area contributed by atoms with E-state index in [9.17, 15) is 9.90 Å². The Labute approximate surface area is 91.7 Å². The van der Waals surface area contributed by atoms with Gasteiger partial charge in [0.05, 0.1) is 30.2 Å². The van der Waals surface area contributed by atoms with Crippen LogP contribution in [-0.4, -0.2) is 18.2 Å². The molecule has 0 amide bonds. The number of carbonyl (C=O) groups excluding carboxylic acids is 1. The molecule has 0 unspecified atom stereocenters. The third-order valence-corrected chi connectivity index (χ3v) is 2.16. The number of nitriles is 1. The van der Waals surface area contributed by atoms with E-state index >= 15 is 0 Å². The summed E-state index contributed by atoms with van der Waals surface area (Å²) in [7, 11) is 1.22. The zero-order valence-electron chi connectivity index (χ0n) is 7.95. The van der Waals surface area contributed by atoms with Gasteiger partial charge in [-0.15, -0.1) is 11.6 Å². The van der Waals surface area contributed by atoms with Gasteiger partial charge in [0.2, 0.25) is 0 Å². The monoisotopic (exact) mass is 225 g/mol. The Morgan fingerprint density at radius 1 is 1.67 bits per heavy atom. The molecule has 1 aromatic carbocycles. The molecule has 5 heteroatoms.